The lowest BCUT2D eigenvalue weighted by Crippen LogP contribution is -2.30. The molecule has 1 aromatic carbocycles. The van der Waals surface area contributed by atoms with Gasteiger partial charge in [-0.05, 0) is 37.5 Å². The maximum absolute atomic E-state index is 11.4. The normalized spacial score (nSPS) is 14.7. The van der Waals surface area contributed by atoms with Crippen LogP contribution in [0.1, 0.15) is 18.9 Å². The van der Waals surface area contributed by atoms with Crippen LogP contribution >= 0.6 is 0 Å². The number of anilines is 1. The molecule has 96 valence electrons. The van der Waals surface area contributed by atoms with Gasteiger partial charge in [-0.2, -0.15) is 0 Å². The lowest BCUT2D eigenvalue weighted by atomic mass is 10.0. The van der Waals surface area contributed by atoms with Crippen molar-refractivity contribution >= 4 is 15.7 Å². The van der Waals surface area contributed by atoms with Gasteiger partial charge in [-0.3, -0.25) is 0 Å². The van der Waals surface area contributed by atoms with E-state index in [4.69, 9.17) is 5.14 Å². The first-order chi connectivity index (χ1) is 8.52. The third-order valence-corrected chi connectivity index (χ3v) is 3.96. The van der Waals surface area contributed by atoms with E-state index >= 15 is 0 Å². The van der Waals surface area contributed by atoms with Crippen molar-refractivity contribution in [3.8, 4) is 11.8 Å². The van der Waals surface area contributed by atoms with E-state index in [1.807, 2.05) is 6.07 Å². The SMILES string of the molecule is CC#CCN1CCCc2ccc(S(N)(=O)=O)cc21. The number of hydrogen-bond acceptors (Lipinski definition) is 3. The molecule has 0 unspecified atom stereocenters. The third-order valence-electron chi connectivity index (χ3n) is 3.05. The van der Waals surface area contributed by atoms with Gasteiger partial charge in [0.05, 0.1) is 11.4 Å². The van der Waals surface area contributed by atoms with Gasteiger partial charge in [-0.25, -0.2) is 13.6 Å². The van der Waals surface area contributed by atoms with Gasteiger partial charge in [0.25, 0.3) is 0 Å². The predicted octanol–water partition coefficient (Wildman–Crippen LogP) is 1.11. The number of hydrogen-bond donors (Lipinski definition) is 1. The standard InChI is InChI=1S/C13H16N2O2S/c1-2-3-8-15-9-4-5-11-6-7-12(10-13(11)15)18(14,16)17/h6-7,10H,4-5,8-9H2,1H3,(H2,14,16,17). The summed E-state index contributed by atoms with van der Waals surface area (Å²) in [4.78, 5) is 2.27. The average Bonchev–Trinajstić information content (AvgIpc) is 2.34. The summed E-state index contributed by atoms with van der Waals surface area (Å²) in [5.41, 5.74) is 2.10. The monoisotopic (exact) mass is 264 g/mol. The number of nitrogens with two attached hydrogens (primary N) is 1. The summed E-state index contributed by atoms with van der Waals surface area (Å²) in [5, 5.41) is 5.16. The van der Waals surface area contributed by atoms with Crippen molar-refractivity contribution in [1.82, 2.24) is 0 Å². The molecule has 2 N–H and O–H groups in total. The number of rotatable bonds is 2. The summed E-state index contributed by atoms with van der Waals surface area (Å²) in [7, 11) is -3.64. The molecule has 0 fully saturated rings. The number of benzene rings is 1. The molecule has 2 rings (SSSR count). The Kier molecular flexibility index (Phi) is 3.60. The van der Waals surface area contributed by atoms with Crippen LogP contribution in [0.15, 0.2) is 23.1 Å². The van der Waals surface area contributed by atoms with Crippen molar-refractivity contribution in [1.29, 1.82) is 0 Å². The molecule has 5 heteroatoms. The fourth-order valence-electron chi connectivity index (χ4n) is 2.15. The van der Waals surface area contributed by atoms with E-state index in [0.29, 0.717) is 6.54 Å². The van der Waals surface area contributed by atoms with Crippen LogP contribution in [0.4, 0.5) is 5.69 Å². The first kappa shape index (κ1) is 12.9. The van der Waals surface area contributed by atoms with Crippen molar-refractivity contribution in [3.63, 3.8) is 0 Å². The summed E-state index contributed by atoms with van der Waals surface area (Å²) >= 11 is 0. The highest BCUT2D eigenvalue weighted by atomic mass is 32.2. The van der Waals surface area contributed by atoms with Crippen LogP contribution in [0.25, 0.3) is 0 Å². The topological polar surface area (TPSA) is 63.4 Å². The minimum atomic E-state index is -3.64. The number of aryl methyl sites for hydroxylation is 1. The van der Waals surface area contributed by atoms with E-state index in [1.54, 1.807) is 19.1 Å². The van der Waals surface area contributed by atoms with Gasteiger partial charge in [0.15, 0.2) is 0 Å². The molecule has 0 radical (unpaired) electrons. The summed E-state index contributed by atoms with van der Waals surface area (Å²) in [6, 6.07) is 5.07. The highest BCUT2D eigenvalue weighted by Crippen LogP contribution is 2.29. The maximum atomic E-state index is 11.4. The van der Waals surface area contributed by atoms with Crippen LogP contribution < -0.4 is 10.0 Å². The Hall–Kier alpha value is -1.51. The Morgan fingerprint density at radius 3 is 2.89 bits per heavy atom. The highest BCUT2D eigenvalue weighted by Gasteiger charge is 2.18. The molecular weight excluding hydrogens is 248 g/mol. The van der Waals surface area contributed by atoms with E-state index in [9.17, 15) is 8.42 Å². The fourth-order valence-corrected chi connectivity index (χ4v) is 2.68. The fraction of sp³-hybridized carbons (Fsp3) is 0.385. The quantitative estimate of drug-likeness (QED) is 0.814. The molecule has 1 aliphatic heterocycles. The van der Waals surface area contributed by atoms with Crippen LogP contribution in [-0.2, 0) is 16.4 Å². The largest absolute Gasteiger partial charge is 0.360 e. The van der Waals surface area contributed by atoms with Crippen molar-refractivity contribution in [3.05, 3.63) is 23.8 Å². The van der Waals surface area contributed by atoms with Gasteiger partial charge in [0.1, 0.15) is 0 Å². The molecule has 0 atom stereocenters. The first-order valence-electron chi connectivity index (χ1n) is 5.82. The highest BCUT2D eigenvalue weighted by molar-refractivity contribution is 7.89. The van der Waals surface area contributed by atoms with Crippen LogP contribution in [-0.4, -0.2) is 21.5 Å². The average molecular weight is 264 g/mol. The number of primary sulfonamides is 1. The second kappa shape index (κ2) is 5.01. The summed E-state index contributed by atoms with van der Waals surface area (Å²) in [6.45, 7) is 3.32. The molecule has 0 bridgehead atoms. The third kappa shape index (κ3) is 2.66. The second-order valence-corrected chi connectivity index (χ2v) is 5.85. The summed E-state index contributed by atoms with van der Waals surface area (Å²) < 4.78 is 22.7. The van der Waals surface area contributed by atoms with Crippen LogP contribution in [0.2, 0.25) is 0 Å². The zero-order chi connectivity index (χ0) is 13.2. The molecule has 0 amide bonds. The van der Waals surface area contributed by atoms with Gasteiger partial charge < -0.3 is 4.90 Å². The Balaban J connectivity index is 2.43. The lowest BCUT2D eigenvalue weighted by molar-refractivity contribution is 0.597. The minimum absolute atomic E-state index is 0.164. The second-order valence-electron chi connectivity index (χ2n) is 4.29. The molecule has 0 saturated carbocycles. The predicted molar refractivity (Wildman–Crippen MR) is 71.8 cm³/mol. The van der Waals surface area contributed by atoms with E-state index in [0.717, 1.165) is 30.6 Å². The van der Waals surface area contributed by atoms with E-state index in [-0.39, 0.29) is 4.90 Å². The van der Waals surface area contributed by atoms with Crippen molar-refractivity contribution < 1.29 is 8.42 Å². The van der Waals surface area contributed by atoms with E-state index < -0.39 is 10.0 Å². The molecule has 0 aliphatic carbocycles. The lowest BCUT2D eigenvalue weighted by Gasteiger charge is -2.30. The van der Waals surface area contributed by atoms with Crippen molar-refractivity contribution in [2.75, 3.05) is 18.0 Å². The molecule has 0 saturated heterocycles. The summed E-state index contributed by atoms with van der Waals surface area (Å²) in [6.07, 6.45) is 2.03. The van der Waals surface area contributed by atoms with Crippen LogP contribution in [0.5, 0.6) is 0 Å². The molecular formula is C13H16N2O2S. The van der Waals surface area contributed by atoms with Gasteiger partial charge >= 0.3 is 0 Å². The van der Waals surface area contributed by atoms with Crippen molar-refractivity contribution in [2.24, 2.45) is 5.14 Å². The number of sulfonamides is 1. The Labute approximate surface area is 108 Å². The Bertz CT molecular complexity index is 612. The first-order valence-corrected chi connectivity index (χ1v) is 7.37. The molecule has 1 aromatic rings. The van der Waals surface area contributed by atoms with Crippen LogP contribution in [0.3, 0.4) is 0 Å². The maximum Gasteiger partial charge on any atom is 0.238 e. The molecule has 1 heterocycles. The van der Waals surface area contributed by atoms with Gasteiger partial charge in [-0.15, -0.1) is 5.92 Å². The smallest absolute Gasteiger partial charge is 0.238 e. The van der Waals surface area contributed by atoms with E-state index in [2.05, 4.69) is 16.7 Å². The zero-order valence-electron chi connectivity index (χ0n) is 10.3. The molecule has 0 spiro atoms. The summed E-state index contributed by atoms with van der Waals surface area (Å²) in [5.74, 6) is 5.87. The van der Waals surface area contributed by atoms with Crippen molar-refractivity contribution in [2.45, 2.75) is 24.7 Å². The van der Waals surface area contributed by atoms with Crippen LogP contribution in [0, 0.1) is 11.8 Å². The van der Waals surface area contributed by atoms with E-state index in [1.165, 1.54) is 0 Å². The van der Waals surface area contributed by atoms with Gasteiger partial charge in [-0.1, -0.05) is 12.0 Å². The molecule has 0 aromatic heterocycles. The number of fused-ring (bicyclic) bond motifs is 1. The van der Waals surface area contributed by atoms with Gasteiger partial charge in [0.2, 0.25) is 10.0 Å². The minimum Gasteiger partial charge on any atom is -0.360 e. The number of nitrogens with zero attached hydrogens (tertiary/aromatic N) is 1. The van der Waals surface area contributed by atoms with Gasteiger partial charge in [0, 0.05) is 12.2 Å². The molecule has 18 heavy (non-hydrogen) atoms. The Morgan fingerprint density at radius 1 is 1.44 bits per heavy atom. The molecule has 1 aliphatic rings. The Morgan fingerprint density at radius 2 is 2.22 bits per heavy atom. The zero-order valence-corrected chi connectivity index (χ0v) is 11.1. The molecule has 4 nitrogen and oxygen atoms in total.